The van der Waals surface area contributed by atoms with Crippen LogP contribution in [-0.4, -0.2) is 53.9 Å². The van der Waals surface area contributed by atoms with Gasteiger partial charge in [0.2, 0.25) is 5.91 Å². The van der Waals surface area contributed by atoms with Gasteiger partial charge < -0.3 is 15.5 Å². The summed E-state index contributed by atoms with van der Waals surface area (Å²) in [4.78, 5) is 22.5. The van der Waals surface area contributed by atoms with Crippen molar-refractivity contribution in [1.29, 1.82) is 0 Å². The van der Waals surface area contributed by atoms with Gasteiger partial charge in [0.15, 0.2) is 5.13 Å². The lowest BCUT2D eigenvalue weighted by Crippen LogP contribution is -2.48. The van der Waals surface area contributed by atoms with Crippen LogP contribution in [0.3, 0.4) is 0 Å². The molecule has 2 heterocycles. The van der Waals surface area contributed by atoms with Crippen LogP contribution in [0.1, 0.15) is 29.3 Å². The van der Waals surface area contributed by atoms with Crippen LogP contribution in [0, 0.1) is 0 Å². The van der Waals surface area contributed by atoms with Gasteiger partial charge in [-0.2, -0.15) is 0 Å². The molecule has 0 radical (unpaired) electrons. The fourth-order valence-corrected chi connectivity index (χ4v) is 3.86. The van der Waals surface area contributed by atoms with Crippen LogP contribution in [-0.2, 0) is 11.2 Å². The summed E-state index contributed by atoms with van der Waals surface area (Å²) in [5, 5.41) is 0.600. The number of likely N-dealkylation sites (N-methyl/N-ethyl adjacent to an activating group) is 1. The third-order valence-corrected chi connectivity index (χ3v) is 5.04. The number of carbonyl (C=O) groups excluding carboxylic acids is 1. The molecule has 2 N–H and O–H groups in total. The van der Waals surface area contributed by atoms with Gasteiger partial charge in [-0.3, -0.25) is 4.79 Å². The lowest BCUT2D eigenvalue weighted by molar-refractivity contribution is -0.134. The van der Waals surface area contributed by atoms with E-state index in [1.54, 1.807) is 11.3 Å². The van der Waals surface area contributed by atoms with E-state index < -0.39 is 0 Å². The van der Waals surface area contributed by atoms with Gasteiger partial charge in [0.25, 0.3) is 0 Å². The normalized spacial score (nSPS) is 24.3. The van der Waals surface area contributed by atoms with E-state index in [1.165, 1.54) is 4.88 Å². The topological polar surface area (TPSA) is 62.5 Å². The van der Waals surface area contributed by atoms with Crippen molar-refractivity contribution < 1.29 is 4.79 Å². The van der Waals surface area contributed by atoms with E-state index in [0.29, 0.717) is 5.13 Å². The second-order valence-corrected chi connectivity index (χ2v) is 6.55. The number of thiazole rings is 1. The van der Waals surface area contributed by atoms with Crippen LogP contribution in [0.15, 0.2) is 0 Å². The number of amides is 1. The highest BCUT2D eigenvalue weighted by Gasteiger charge is 2.33. The van der Waals surface area contributed by atoms with Gasteiger partial charge in [-0.15, -0.1) is 11.3 Å². The van der Waals surface area contributed by atoms with Gasteiger partial charge in [0.1, 0.15) is 0 Å². The molecule has 0 saturated carbocycles. The first kappa shape index (κ1) is 12.9. The van der Waals surface area contributed by atoms with E-state index >= 15 is 0 Å². The van der Waals surface area contributed by atoms with Crippen LogP contribution >= 0.6 is 11.3 Å². The van der Waals surface area contributed by atoms with Crippen molar-refractivity contribution in [1.82, 2.24) is 14.8 Å². The summed E-state index contributed by atoms with van der Waals surface area (Å²) in [6.45, 7) is 3.59. The molecule has 1 fully saturated rings. The molecule has 104 valence electrons. The van der Waals surface area contributed by atoms with Crippen LogP contribution in [0.25, 0.3) is 0 Å². The fourth-order valence-electron chi connectivity index (χ4n) is 2.92. The Hall–Kier alpha value is -1.14. The maximum Gasteiger partial charge on any atom is 0.231 e. The van der Waals surface area contributed by atoms with E-state index in [-0.39, 0.29) is 11.8 Å². The summed E-state index contributed by atoms with van der Waals surface area (Å²) in [6.07, 6.45) is 3.01. The standard InChI is InChI=1S/C13H20N4OS/c1-16-5-7-17(8-6-16)12(18)9-3-2-4-10-11(9)15-13(14)19-10/h9H,2-8H2,1H3,(H2,14,15). The highest BCUT2D eigenvalue weighted by molar-refractivity contribution is 7.15. The predicted molar refractivity (Wildman–Crippen MR) is 76.3 cm³/mol. The Kier molecular flexibility index (Phi) is 3.45. The number of anilines is 1. The quantitative estimate of drug-likeness (QED) is 0.831. The van der Waals surface area contributed by atoms with E-state index in [9.17, 15) is 4.79 Å². The van der Waals surface area contributed by atoms with Crippen molar-refractivity contribution in [3.63, 3.8) is 0 Å². The molecule has 1 saturated heterocycles. The van der Waals surface area contributed by atoms with Crippen molar-refractivity contribution in [3.05, 3.63) is 10.6 Å². The first-order chi connectivity index (χ1) is 9.15. The van der Waals surface area contributed by atoms with Crippen LogP contribution in [0.4, 0.5) is 5.13 Å². The third-order valence-electron chi connectivity index (χ3n) is 4.08. The molecule has 1 aliphatic heterocycles. The number of nitrogens with zero attached hydrogens (tertiary/aromatic N) is 3. The molecule has 0 spiro atoms. The van der Waals surface area contributed by atoms with Crippen molar-refractivity contribution >= 4 is 22.4 Å². The lowest BCUT2D eigenvalue weighted by Gasteiger charge is -2.35. The largest absolute Gasteiger partial charge is 0.375 e. The van der Waals surface area contributed by atoms with Gasteiger partial charge in [0, 0.05) is 31.1 Å². The first-order valence-corrected chi connectivity index (χ1v) is 7.69. The molecular weight excluding hydrogens is 260 g/mol. The smallest absolute Gasteiger partial charge is 0.231 e. The summed E-state index contributed by atoms with van der Waals surface area (Å²) in [5.41, 5.74) is 6.75. The minimum atomic E-state index is -0.0549. The number of aryl methyl sites for hydroxylation is 1. The van der Waals surface area contributed by atoms with E-state index in [1.807, 2.05) is 4.90 Å². The lowest BCUT2D eigenvalue weighted by atomic mass is 9.89. The summed E-state index contributed by atoms with van der Waals surface area (Å²) < 4.78 is 0. The molecule has 6 heteroatoms. The molecule has 1 aromatic heterocycles. The Bertz CT molecular complexity index is 479. The molecule has 1 amide bonds. The third kappa shape index (κ3) is 2.47. The average molecular weight is 280 g/mol. The average Bonchev–Trinajstić information content (AvgIpc) is 2.78. The zero-order valence-corrected chi connectivity index (χ0v) is 12.1. The molecule has 1 aliphatic carbocycles. The molecule has 1 aromatic rings. The SMILES string of the molecule is CN1CCN(C(=O)C2CCCc3sc(N)nc32)CC1. The highest BCUT2D eigenvalue weighted by Crippen LogP contribution is 2.36. The molecule has 2 aliphatic rings. The van der Waals surface area contributed by atoms with Crippen molar-refractivity contribution in [2.24, 2.45) is 0 Å². The van der Waals surface area contributed by atoms with Gasteiger partial charge >= 0.3 is 0 Å². The van der Waals surface area contributed by atoms with Gasteiger partial charge in [-0.05, 0) is 26.3 Å². The maximum absolute atomic E-state index is 12.7. The second kappa shape index (κ2) is 5.09. The number of fused-ring (bicyclic) bond motifs is 1. The van der Waals surface area contributed by atoms with E-state index in [0.717, 1.165) is 51.1 Å². The number of nitrogens with two attached hydrogens (primary N) is 1. The molecular formula is C13H20N4OS. The molecule has 0 aromatic carbocycles. The minimum Gasteiger partial charge on any atom is -0.375 e. The number of hydrogen-bond acceptors (Lipinski definition) is 5. The summed E-state index contributed by atoms with van der Waals surface area (Å²) in [6, 6.07) is 0. The van der Waals surface area contributed by atoms with Crippen molar-refractivity contribution in [2.75, 3.05) is 39.0 Å². The maximum atomic E-state index is 12.7. The number of aromatic nitrogens is 1. The Labute approximate surface area is 117 Å². The number of piperazine rings is 1. The summed E-state index contributed by atoms with van der Waals surface area (Å²) in [7, 11) is 2.10. The number of rotatable bonds is 1. The second-order valence-electron chi connectivity index (χ2n) is 5.43. The van der Waals surface area contributed by atoms with Crippen LogP contribution < -0.4 is 5.73 Å². The van der Waals surface area contributed by atoms with Crippen molar-refractivity contribution in [2.45, 2.75) is 25.2 Å². The number of hydrogen-bond donors (Lipinski definition) is 1. The van der Waals surface area contributed by atoms with E-state index in [4.69, 9.17) is 5.73 Å². The van der Waals surface area contributed by atoms with Gasteiger partial charge in [0.05, 0.1) is 11.6 Å². The van der Waals surface area contributed by atoms with E-state index in [2.05, 4.69) is 16.9 Å². The Morgan fingerprint density at radius 3 is 2.84 bits per heavy atom. The Balaban J connectivity index is 1.77. The zero-order chi connectivity index (χ0) is 13.4. The highest BCUT2D eigenvalue weighted by atomic mass is 32.1. The Morgan fingerprint density at radius 1 is 1.37 bits per heavy atom. The molecule has 3 rings (SSSR count). The van der Waals surface area contributed by atoms with Crippen LogP contribution in [0.5, 0.6) is 0 Å². The molecule has 19 heavy (non-hydrogen) atoms. The molecule has 5 nitrogen and oxygen atoms in total. The fraction of sp³-hybridized carbons (Fsp3) is 0.692. The first-order valence-electron chi connectivity index (χ1n) is 6.87. The van der Waals surface area contributed by atoms with Crippen molar-refractivity contribution in [3.8, 4) is 0 Å². The Morgan fingerprint density at radius 2 is 2.11 bits per heavy atom. The molecule has 1 atom stereocenters. The number of nitrogen functional groups attached to an aromatic ring is 1. The summed E-state index contributed by atoms with van der Waals surface area (Å²) in [5.74, 6) is 0.194. The van der Waals surface area contributed by atoms with Crippen LogP contribution in [0.2, 0.25) is 0 Å². The van der Waals surface area contributed by atoms with Gasteiger partial charge in [-0.25, -0.2) is 4.98 Å². The summed E-state index contributed by atoms with van der Waals surface area (Å²) >= 11 is 1.55. The number of carbonyl (C=O) groups is 1. The minimum absolute atomic E-state index is 0.0549. The zero-order valence-electron chi connectivity index (χ0n) is 11.3. The molecule has 1 unspecified atom stereocenters. The molecule has 0 bridgehead atoms. The monoisotopic (exact) mass is 280 g/mol. The predicted octanol–water partition coefficient (Wildman–Crippen LogP) is 0.919. The van der Waals surface area contributed by atoms with Gasteiger partial charge in [-0.1, -0.05) is 0 Å².